The first-order valence-electron chi connectivity index (χ1n) is 9.38. The van der Waals surface area contributed by atoms with E-state index < -0.39 is 4.92 Å². The number of hydrogen-bond donors (Lipinski definition) is 1. The SMILES string of the molecule is Cc1cc([N+](=O)[O-])cc(C)c1C(=O)NCCN1CCN(c2ccccn2)CC1.Cl.Cl. The summed E-state index contributed by atoms with van der Waals surface area (Å²) in [7, 11) is 0. The molecular weight excluding hydrogens is 429 g/mol. The highest BCUT2D eigenvalue weighted by molar-refractivity contribution is 5.97. The zero-order valence-electron chi connectivity index (χ0n) is 17.0. The van der Waals surface area contributed by atoms with Crippen LogP contribution in [0.5, 0.6) is 0 Å². The summed E-state index contributed by atoms with van der Waals surface area (Å²) in [5.41, 5.74) is 1.77. The fourth-order valence-electron chi connectivity index (χ4n) is 3.56. The van der Waals surface area contributed by atoms with E-state index in [9.17, 15) is 14.9 Å². The molecule has 0 unspecified atom stereocenters. The maximum absolute atomic E-state index is 12.5. The van der Waals surface area contributed by atoms with E-state index in [1.807, 2.05) is 18.2 Å². The fourth-order valence-corrected chi connectivity index (χ4v) is 3.56. The molecular formula is C20H27Cl2N5O3. The van der Waals surface area contributed by atoms with Crippen LogP contribution in [-0.4, -0.2) is 60.0 Å². The molecule has 0 atom stereocenters. The van der Waals surface area contributed by atoms with Gasteiger partial charge in [0.15, 0.2) is 0 Å². The second-order valence-corrected chi connectivity index (χ2v) is 6.98. The smallest absolute Gasteiger partial charge is 0.270 e. The molecule has 164 valence electrons. The van der Waals surface area contributed by atoms with Crippen molar-refractivity contribution in [3.8, 4) is 0 Å². The highest BCUT2D eigenvalue weighted by Gasteiger charge is 2.19. The van der Waals surface area contributed by atoms with Crippen molar-refractivity contribution in [2.24, 2.45) is 0 Å². The fraction of sp³-hybridized carbons (Fsp3) is 0.400. The minimum atomic E-state index is -0.438. The zero-order valence-corrected chi connectivity index (χ0v) is 18.7. The monoisotopic (exact) mass is 455 g/mol. The van der Waals surface area contributed by atoms with Gasteiger partial charge in [0.1, 0.15) is 5.82 Å². The average Bonchev–Trinajstić information content (AvgIpc) is 2.68. The number of piperazine rings is 1. The molecule has 1 fully saturated rings. The minimum absolute atomic E-state index is 0. The maximum Gasteiger partial charge on any atom is 0.270 e. The van der Waals surface area contributed by atoms with Gasteiger partial charge in [-0.3, -0.25) is 19.8 Å². The predicted molar refractivity (Wildman–Crippen MR) is 122 cm³/mol. The van der Waals surface area contributed by atoms with Crippen LogP contribution in [0.15, 0.2) is 36.5 Å². The third kappa shape index (κ3) is 6.29. The van der Waals surface area contributed by atoms with Crippen molar-refractivity contribution < 1.29 is 9.72 Å². The Bertz CT molecular complexity index is 836. The van der Waals surface area contributed by atoms with Crippen LogP contribution in [0.25, 0.3) is 0 Å². The molecule has 30 heavy (non-hydrogen) atoms. The minimum Gasteiger partial charge on any atom is -0.354 e. The van der Waals surface area contributed by atoms with Crippen LogP contribution in [0.2, 0.25) is 0 Å². The Morgan fingerprint density at radius 3 is 2.30 bits per heavy atom. The zero-order chi connectivity index (χ0) is 20.1. The van der Waals surface area contributed by atoms with E-state index in [1.54, 1.807) is 20.0 Å². The first kappa shape index (κ1) is 25.6. The van der Waals surface area contributed by atoms with Gasteiger partial charge in [-0.2, -0.15) is 0 Å². The summed E-state index contributed by atoms with van der Waals surface area (Å²) in [6, 6.07) is 8.81. The van der Waals surface area contributed by atoms with Crippen molar-refractivity contribution in [2.75, 3.05) is 44.2 Å². The number of carbonyl (C=O) groups excluding carboxylic acids is 1. The number of benzene rings is 1. The molecule has 1 amide bonds. The lowest BCUT2D eigenvalue weighted by molar-refractivity contribution is -0.384. The lowest BCUT2D eigenvalue weighted by atomic mass is 10.0. The van der Waals surface area contributed by atoms with Gasteiger partial charge < -0.3 is 10.2 Å². The molecule has 0 radical (unpaired) electrons. The Morgan fingerprint density at radius 1 is 1.13 bits per heavy atom. The number of nitro groups is 1. The predicted octanol–water partition coefficient (Wildman–Crippen LogP) is 3.00. The Kier molecular flexibility index (Phi) is 9.98. The highest BCUT2D eigenvalue weighted by atomic mass is 35.5. The Balaban J connectivity index is 0.00000225. The number of non-ortho nitro benzene ring substituents is 1. The molecule has 2 heterocycles. The number of aromatic nitrogens is 1. The standard InChI is InChI=1S/C20H25N5O3.2ClH/c1-15-13-17(25(27)28)14-16(2)19(15)20(26)22-7-8-23-9-11-24(12-10-23)18-5-3-4-6-21-18;;/h3-6,13-14H,7-12H2,1-2H3,(H,22,26);2*1H. The molecule has 1 aliphatic heterocycles. The first-order chi connectivity index (χ1) is 13.5. The quantitative estimate of drug-likeness (QED) is 0.531. The van der Waals surface area contributed by atoms with E-state index in [1.165, 1.54) is 12.1 Å². The van der Waals surface area contributed by atoms with Crippen LogP contribution in [-0.2, 0) is 0 Å². The summed E-state index contributed by atoms with van der Waals surface area (Å²) in [5, 5.41) is 13.9. The van der Waals surface area contributed by atoms with Crippen LogP contribution in [0.3, 0.4) is 0 Å². The number of amides is 1. The Hall–Kier alpha value is -2.42. The summed E-state index contributed by atoms with van der Waals surface area (Å²) in [6.45, 7) is 8.42. The van der Waals surface area contributed by atoms with Crippen molar-refractivity contribution in [1.29, 1.82) is 0 Å². The van der Waals surface area contributed by atoms with Crippen molar-refractivity contribution in [3.05, 3.63) is 63.3 Å². The van der Waals surface area contributed by atoms with Crippen LogP contribution in [0.4, 0.5) is 11.5 Å². The number of pyridine rings is 1. The Labute approximate surface area is 188 Å². The van der Waals surface area contributed by atoms with E-state index in [4.69, 9.17) is 0 Å². The van der Waals surface area contributed by atoms with Gasteiger partial charge in [0.2, 0.25) is 0 Å². The summed E-state index contributed by atoms with van der Waals surface area (Å²) in [6.07, 6.45) is 1.80. The van der Waals surface area contributed by atoms with Gasteiger partial charge in [-0.15, -0.1) is 24.8 Å². The largest absolute Gasteiger partial charge is 0.354 e. The molecule has 1 saturated heterocycles. The van der Waals surface area contributed by atoms with Gasteiger partial charge in [0, 0.05) is 63.2 Å². The molecule has 8 nitrogen and oxygen atoms in total. The van der Waals surface area contributed by atoms with Crippen LogP contribution >= 0.6 is 24.8 Å². The number of aryl methyl sites for hydroxylation is 2. The van der Waals surface area contributed by atoms with E-state index in [0.29, 0.717) is 23.2 Å². The van der Waals surface area contributed by atoms with Gasteiger partial charge >= 0.3 is 0 Å². The van der Waals surface area contributed by atoms with E-state index in [2.05, 4.69) is 20.1 Å². The number of nitrogens with one attached hydrogen (secondary N) is 1. The molecule has 0 spiro atoms. The molecule has 0 bridgehead atoms. The normalized spacial score (nSPS) is 13.7. The summed E-state index contributed by atoms with van der Waals surface area (Å²) < 4.78 is 0. The molecule has 1 aliphatic rings. The molecule has 3 rings (SSSR count). The number of anilines is 1. The highest BCUT2D eigenvalue weighted by Crippen LogP contribution is 2.21. The van der Waals surface area contributed by atoms with E-state index in [0.717, 1.165) is 38.5 Å². The average molecular weight is 456 g/mol. The number of carbonyl (C=O) groups is 1. The maximum atomic E-state index is 12.5. The molecule has 1 N–H and O–H groups in total. The molecule has 10 heteroatoms. The third-order valence-corrected chi connectivity index (χ3v) is 5.01. The number of nitrogens with zero attached hydrogens (tertiary/aromatic N) is 4. The van der Waals surface area contributed by atoms with Crippen LogP contribution < -0.4 is 10.2 Å². The van der Waals surface area contributed by atoms with Crippen LogP contribution in [0.1, 0.15) is 21.5 Å². The number of nitro benzene ring substituents is 1. The van der Waals surface area contributed by atoms with Gasteiger partial charge in [0.25, 0.3) is 11.6 Å². The molecule has 1 aromatic heterocycles. The van der Waals surface area contributed by atoms with Crippen molar-refractivity contribution in [3.63, 3.8) is 0 Å². The molecule has 0 saturated carbocycles. The van der Waals surface area contributed by atoms with Crippen molar-refractivity contribution >= 4 is 42.2 Å². The lowest BCUT2D eigenvalue weighted by Crippen LogP contribution is -2.48. The first-order valence-corrected chi connectivity index (χ1v) is 9.38. The topological polar surface area (TPSA) is 91.6 Å². The summed E-state index contributed by atoms with van der Waals surface area (Å²) >= 11 is 0. The third-order valence-electron chi connectivity index (χ3n) is 5.01. The second kappa shape index (κ2) is 11.7. The Morgan fingerprint density at radius 2 is 1.77 bits per heavy atom. The summed E-state index contributed by atoms with van der Waals surface area (Å²) in [4.78, 5) is 32.0. The van der Waals surface area contributed by atoms with Gasteiger partial charge in [-0.25, -0.2) is 4.98 Å². The number of rotatable bonds is 6. The number of halogens is 2. The summed E-state index contributed by atoms with van der Waals surface area (Å²) in [5.74, 6) is 0.816. The molecule has 1 aromatic carbocycles. The lowest BCUT2D eigenvalue weighted by Gasteiger charge is -2.35. The number of hydrogen-bond acceptors (Lipinski definition) is 6. The van der Waals surface area contributed by atoms with E-state index >= 15 is 0 Å². The second-order valence-electron chi connectivity index (χ2n) is 6.98. The van der Waals surface area contributed by atoms with Gasteiger partial charge in [-0.05, 0) is 37.1 Å². The van der Waals surface area contributed by atoms with Crippen LogP contribution in [0, 0.1) is 24.0 Å². The van der Waals surface area contributed by atoms with E-state index in [-0.39, 0.29) is 36.4 Å². The molecule has 0 aliphatic carbocycles. The van der Waals surface area contributed by atoms with Crippen molar-refractivity contribution in [2.45, 2.75) is 13.8 Å². The van der Waals surface area contributed by atoms with Crippen molar-refractivity contribution in [1.82, 2.24) is 15.2 Å². The van der Waals surface area contributed by atoms with Gasteiger partial charge in [-0.1, -0.05) is 6.07 Å². The van der Waals surface area contributed by atoms with Gasteiger partial charge in [0.05, 0.1) is 4.92 Å². The molecule has 2 aromatic rings.